The van der Waals surface area contributed by atoms with E-state index in [-0.39, 0.29) is 0 Å². The van der Waals surface area contributed by atoms with Crippen LogP contribution in [0.4, 0.5) is 0 Å². The van der Waals surface area contributed by atoms with E-state index in [9.17, 15) is 0 Å². The summed E-state index contributed by atoms with van der Waals surface area (Å²) in [5.41, 5.74) is 0.497. The summed E-state index contributed by atoms with van der Waals surface area (Å²) in [5, 5.41) is 3.72. The van der Waals surface area contributed by atoms with Gasteiger partial charge >= 0.3 is 0 Å². The largest absolute Gasteiger partial charge is 0.314 e. The van der Waals surface area contributed by atoms with Crippen LogP contribution in [-0.4, -0.2) is 36.6 Å². The van der Waals surface area contributed by atoms with Gasteiger partial charge in [-0.15, -0.1) is 0 Å². The number of nitrogens with zero attached hydrogens (tertiary/aromatic N) is 1. The molecule has 0 aromatic rings. The maximum Gasteiger partial charge on any atom is 0.0111 e. The highest BCUT2D eigenvalue weighted by atomic mass is 15.2. The summed E-state index contributed by atoms with van der Waals surface area (Å²) in [6.45, 7) is 13.4. The Morgan fingerprint density at radius 1 is 1.05 bits per heavy atom. The van der Waals surface area contributed by atoms with Gasteiger partial charge in [0, 0.05) is 12.1 Å². The summed E-state index contributed by atoms with van der Waals surface area (Å²) in [5.74, 6) is 0.919. The molecule has 2 heteroatoms. The lowest BCUT2D eigenvalue weighted by Crippen LogP contribution is -2.36. The maximum absolute atomic E-state index is 3.72. The minimum Gasteiger partial charge on any atom is -0.314 e. The van der Waals surface area contributed by atoms with Crippen molar-refractivity contribution in [2.45, 2.75) is 84.7 Å². The van der Waals surface area contributed by atoms with Crippen molar-refractivity contribution in [2.75, 3.05) is 19.6 Å². The molecule has 1 aliphatic carbocycles. The minimum absolute atomic E-state index is 0.497. The number of hydrogen-bond donors (Lipinski definition) is 1. The van der Waals surface area contributed by atoms with Crippen LogP contribution in [0.2, 0.25) is 0 Å². The first-order valence-electron chi connectivity index (χ1n) is 8.98. The first-order chi connectivity index (χ1) is 9.50. The molecule has 0 amide bonds. The number of nitrogens with one attached hydrogen (secondary N) is 1. The SMILES string of the molecule is CCCNC1CCC(N2CCCC(C(C)(C)C)CC2)C1. The molecule has 20 heavy (non-hydrogen) atoms. The Bertz CT molecular complexity index is 282. The molecule has 2 aliphatic rings. The van der Waals surface area contributed by atoms with Gasteiger partial charge in [0.25, 0.3) is 0 Å². The fourth-order valence-electron chi connectivity index (χ4n) is 4.17. The summed E-state index contributed by atoms with van der Waals surface area (Å²) < 4.78 is 0. The van der Waals surface area contributed by atoms with Crippen molar-refractivity contribution in [1.82, 2.24) is 10.2 Å². The number of likely N-dealkylation sites (tertiary alicyclic amines) is 1. The van der Waals surface area contributed by atoms with Crippen molar-refractivity contribution < 1.29 is 0 Å². The monoisotopic (exact) mass is 280 g/mol. The van der Waals surface area contributed by atoms with Crippen LogP contribution in [0.15, 0.2) is 0 Å². The van der Waals surface area contributed by atoms with E-state index in [0.717, 1.165) is 18.0 Å². The standard InChI is InChI=1S/C18H36N2/c1-5-11-19-16-8-9-17(14-16)20-12-6-7-15(10-13-20)18(2,3)4/h15-17,19H,5-14H2,1-4H3. The zero-order valence-corrected chi connectivity index (χ0v) is 14.3. The van der Waals surface area contributed by atoms with Crippen LogP contribution in [0.3, 0.4) is 0 Å². The highest BCUT2D eigenvalue weighted by Crippen LogP contribution is 2.36. The van der Waals surface area contributed by atoms with E-state index in [2.05, 4.69) is 37.9 Å². The lowest BCUT2D eigenvalue weighted by atomic mass is 9.77. The maximum atomic E-state index is 3.72. The zero-order valence-electron chi connectivity index (χ0n) is 14.3. The second-order valence-corrected chi connectivity index (χ2v) is 8.15. The minimum atomic E-state index is 0.497. The molecule has 1 saturated heterocycles. The van der Waals surface area contributed by atoms with E-state index in [4.69, 9.17) is 0 Å². The van der Waals surface area contributed by atoms with E-state index < -0.39 is 0 Å². The van der Waals surface area contributed by atoms with Gasteiger partial charge in [-0.3, -0.25) is 0 Å². The summed E-state index contributed by atoms with van der Waals surface area (Å²) in [7, 11) is 0. The van der Waals surface area contributed by atoms with Crippen molar-refractivity contribution >= 4 is 0 Å². The molecule has 0 radical (unpaired) electrons. The lowest BCUT2D eigenvalue weighted by Gasteiger charge is -2.31. The van der Waals surface area contributed by atoms with Gasteiger partial charge in [-0.2, -0.15) is 0 Å². The summed E-state index contributed by atoms with van der Waals surface area (Å²) in [4.78, 5) is 2.82. The van der Waals surface area contributed by atoms with Gasteiger partial charge in [-0.1, -0.05) is 27.7 Å². The third-order valence-electron chi connectivity index (χ3n) is 5.59. The molecule has 1 aliphatic heterocycles. The molecule has 2 rings (SSSR count). The molecule has 2 fully saturated rings. The second kappa shape index (κ2) is 7.26. The van der Waals surface area contributed by atoms with Crippen molar-refractivity contribution in [1.29, 1.82) is 0 Å². The van der Waals surface area contributed by atoms with Crippen LogP contribution in [0, 0.1) is 11.3 Å². The third-order valence-corrected chi connectivity index (χ3v) is 5.59. The predicted octanol–water partition coefficient (Wildman–Crippen LogP) is 4.06. The fraction of sp³-hybridized carbons (Fsp3) is 1.00. The van der Waals surface area contributed by atoms with Gasteiger partial charge < -0.3 is 10.2 Å². The van der Waals surface area contributed by atoms with Crippen LogP contribution >= 0.6 is 0 Å². The Labute approximate surface area is 126 Å². The molecule has 3 unspecified atom stereocenters. The van der Waals surface area contributed by atoms with Gasteiger partial charge in [-0.05, 0) is 75.9 Å². The molecule has 0 aromatic heterocycles. The predicted molar refractivity (Wildman–Crippen MR) is 88.1 cm³/mol. The fourth-order valence-corrected chi connectivity index (χ4v) is 4.17. The molecule has 0 bridgehead atoms. The Morgan fingerprint density at radius 3 is 2.55 bits per heavy atom. The molecule has 118 valence electrons. The highest BCUT2D eigenvalue weighted by molar-refractivity contribution is 4.89. The zero-order chi connectivity index (χ0) is 14.6. The molecule has 0 aromatic carbocycles. The Balaban J connectivity index is 1.80. The molecule has 2 nitrogen and oxygen atoms in total. The summed E-state index contributed by atoms with van der Waals surface area (Å²) in [6, 6.07) is 1.66. The van der Waals surface area contributed by atoms with Crippen LogP contribution < -0.4 is 5.32 Å². The molecular formula is C18H36N2. The van der Waals surface area contributed by atoms with Crippen molar-refractivity contribution in [2.24, 2.45) is 11.3 Å². The third kappa shape index (κ3) is 4.46. The van der Waals surface area contributed by atoms with E-state index in [1.807, 2.05) is 0 Å². The van der Waals surface area contributed by atoms with Gasteiger partial charge in [0.2, 0.25) is 0 Å². The normalized spacial score (nSPS) is 33.3. The molecule has 1 N–H and O–H groups in total. The number of rotatable bonds is 4. The average molecular weight is 280 g/mol. The van der Waals surface area contributed by atoms with Crippen LogP contribution in [-0.2, 0) is 0 Å². The smallest absolute Gasteiger partial charge is 0.0111 e. The Hall–Kier alpha value is -0.0800. The van der Waals surface area contributed by atoms with E-state index in [0.29, 0.717) is 5.41 Å². The second-order valence-electron chi connectivity index (χ2n) is 8.15. The average Bonchev–Trinajstić information content (AvgIpc) is 2.70. The molecular weight excluding hydrogens is 244 g/mol. The van der Waals surface area contributed by atoms with Gasteiger partial charge in [0.05, 0.1) is 0 Å². The molecule has 1 heterocycles. The van der Waals surface area contributed by atoms with E-state index >= 15 is 0 Å². The topological polar surface area (TPSA) is 15.3 Å². The van der Waals surface area contributed by atoms with Gasteiger partial charge in [0.1, 0.15) is 0 Å². The quantitative estimate of drug-likeness (QED) is 0.835. The first-order valence-corrected chi connectivity index (χ1v) is 8.98. The van der Waals surface area contributed by atoms with Crippen molar-refractivity contribution in [3.05, 3.63) is 0 Å². The van der Waals surface area contributed by atoms with Gasteiger partial charge in [-0.25, -0.2) is 0 Å². The van der Waals surface area contributed by atoms with E-state index in [1.165, 1.54) is 64.6 Å². The molecule has 0 spiro atoms. The Kier molecular flexibility index (Phi) is 5.92. The molecule has 3 atom stereocenters. The van der Waals surface area contributed by atoms with Crippen LogP contribution in [0.5, 0.6) is 0 Å². The summed E-state index contributed by atoms with van der Waals surface area (Å²) >= 11 is 0. The van der Waals surface area contributed by atoms with Crippen molar-refractivity contribution in [3.8, 4) is 0 Å². The Morgan fingerprint density at radius 2 is 1.85 bits per heavy atom. The number of hydrogen-bond acceptors (Lipinski definition) is 2. The molecule has 1 saturated carbocycles. The van der Waals surface area contributed by atoms with Crippen LogP contribution in [0.1, 0.15) is 72.6 Å². The summed E-state index contributed by atoms with van der Waals surface area (Å²) in [6.07, 6.45) is 9.71. The van der Waals surface area contributed by atoms with E-state index in [1.54, 1.807) is 0 Å². The lowest BCUT2D eigenvalue weighted by molar-refractivity contribution is 0.181. The van der Waals surface area contributed by atoms with Gasteiger partial charge in [0.15, 0.2) is 0 Å². The van der Waals surface area contributed by atoms with Crippen LogP contribution in [0.25, 0.3) is 0 Å². The highest BCUT2D eigenvalue weighted by Gasteiger charge is 2.32. The van der Waals surface area contributed by atoms with Crippen molar-refractivity contribution in [3.63, 3.8) is 0 Å². The first kappa shape index (κ1) is 16.3.